The van der Waals surface area contributed by atoms with Gasteiger partial charge >= 0.3 is 0 Å². The Balaban J connectivity index is 2.05. The molecule has 0 radical (unpaired) electrons. The van der Waals surface area contributed by atoms with E-state index < -0.39 is 5.41 Å². The van der Waals surface area contributed by atoms with Gasteiger partial charge in [-0.1, -0.05) is 29.8 Å². The molecule has 2 rings (SSSR count). The Morgan fingerprint density at radius 3 is 2.55 bits per heavy atom. The first kappa shape index (κ1) is 16.3. The molecule has 2 aromatic rings. The van der Waals surface area contributed by atoms with E-state index >= 15 is 0 Å². The molecule has 0 aliphatic carbocycles. The first-order valence-electron chi connectivity index (χ1n) is 6.98. The molecule has 1 amide bonds. The van der Waals surface area contributed by atoms with Crippen molar-refractivity contribution >= 4 is 17.5 Å². The summed E-state index contributed by atoms with van der Waals surface area (Å²) in [4.78, 5) is 16.8. The van der Waals surface area contributed by atoms with Crippen molar-refractivity contribution in [2.75, 3.05) is 7.11 Å². The third-order valence-electron chi connectivity index (χ3n) is 3.55. The highest BCUT2D eigenvalue weighted by Crippen LogP contribution is 2.25. The third-order valence-corrected chi connectivity index (χ3v) is 3.81. The molecule has 0 unspecified atom stereocenters. The zero-order valence-corrected chi connectivity index (χ0v) is 13.6. The van der Waals surface area contributed by atoms with Gasteiger partial charge in [-0.05, 0) is 37.6 Å². The number of methoxy groups -OCH3 is 1. The van der Waals surface area contributed by atoms with Crippen molar-refractivity contribution in [1.82, 2.24) is 10.3 Å². The fraction of sp³-hybridized carbons (Fsp3) is 0.294. The van der Waals surface area contributed by atoms with Crippen LogP contribution in [0.25, 0.3) is 0 Å². The predicted molar refractivity (Wildman–Crippen MR) is 87.1 cm³/mol. The number of carbonyl (C=O) groups excluding carboxylic acids is 1. The van der Waals surface area contributed by atoms with Gasteiger partial charge in [0.15, 0.2) is 0 Å². The maximum atomic E-state index is 12.5. The van der Waals surface area contributed by atoms with Crippen LogP contribution in [0.2, 0.25) is 5.02 Å². The number of amides is 1. The van der Waals surface area contributed by atoms with Crippen LogP contribution >= 0.6 is 11.6 Å². The largest absolute Gasteiger partial charge is 0.481 e. The number of nitrogens with one attached hydrogen (secondary N) is 1. The number of carbonyl (C=O) groups is 1. The fourth-order valence-electron chi connectivity index (χ4n) is 2.06. The van der Waals surface area contributed by atoms with E-state index in [0.29, 0.717) is 17.4 Å². The van der Waals surface area contributed by atoms with Gasteiger partial charge in [-0.25, -0.2) is 4.98 Å². The maximum absolute atomic E-state index is 12.5. The molecule has 0 aliphatic rings. The first-order valence-corrected chi connectivity index (χ1v) is 7.35. The molecule has 0 bridgehead atoms. The Morgan fingerprint density at radius 2 is 1.91 bits per heavy atom. The summed E-state index contributed by atoms with van der Waals surface area (Å²) >= 11 is 5.89. The molecular weight excluding hydrogens is 300 g/mol. The number of hydrogen-bond acceptors (Lipinski definition) is 3. The van der Waals surface area contributed by atoms with Gasteiger partial charge in [0.05, 0.1) is 24.8 Å². The van der Waals surface area contributed by atoms with E-state index in [-0.39, 0.29) is 5.91 Å². The molecule has 1 aromatic heterocycles. The number of nitrogens with zero attached hydrogens (tertiary/aromatic N) is 1. The van der Waals surface area contributed by atoms with Gasteiger partial charge in [0.1, 0.15) is 0 Å². The minimum Gasteiger partial charge on any atom is -0.481 e. The lowest BCUT2D eigenvalue weighted by atomic mass is 9.84. The molecule has 0 spiro atoms. The third kappa shape index (κ3) is 3.77. The minimum absolute atomic E-state index is 0.0700. The summed E-state index contributed by atoms with van der Waals surface area (Å²) in [5.41, 5.74) is 1.01. The molecular formula is C17H19ClN2O2. The van der Waals surface area contributed by atoms with Gasteiger partial charge in [-0.3, -0.25) is 4.79 Å². The lowest BCUT2D eigenvalue weighted by Crippen LogP contribution is -2.39. The summed E-state index contributed by atoms with van der Waals surface area (Å²) in [5, 5.41) is 3.57. The van der Waals surface area contributed by atoms with Crippen LogP contribution in [-0.2, 0) is 16.8 Å². The van der Waals surface area contributed by atoms with Crippen LogP contribution in [0.4, 0.5) is 0 Å². The molecule has 5 heteroatoms. The quantitative estimate of drug-likeness (QED) is 0.920. The average molecular weight is 319 g/mol. The van der Waals surface area contributed by atoms with E-state index in [0.717, 1.165) is 11.3 Å². The van der Waals surface area contributed by atoms with Gasteiger partial charge in [0.25, 0.3) is 0 Å². The number of halogens is 1. The summed E-state index contributed by atoms with van der Waals surface area (Å²) < 4.78 is 5.07. The van der Waals surface area contributed by atoms with Crippen LogP contribution in [0.5, 0.6) is 5.88 Å². The molecule has 1 N–H and O–H groups in total. The second kappa shape index (κ2) is 6.79. The summed E-state index contributed by atoms with van der Waals surface area (Å²) in [5.74, 6) is 0.461. The monoisotopic (exact) mass is 318 g/mol. The zero-order chi connectivity index (χ0) is 16.2. The van der Waals surface area contributed by atoms with Gasteiger partial charge in [0, 0.05) is 11.1 Å². The summed E-state index contributed by atoms with van der Waals surface area (Å²) in [7, 11) is 1.56. The normalized spacial score (nSPS) is 11.1. The van der Waals surface area contributed by atoms with Crippen LogP contribution in [0, 0.1) is 0 Å². The summed E-state index contributed by atoms with van der Waals surface area (Å²) in [6.45, 7) is 4.11. The number of pyridine rings is 1. The molecule has 22 heavy (non-hydrogen) atoms. The molecule has 0 fully saturated rings. The minimum atomic E-state index is -0.649. The lowest BCUT2D eigenvalue weighted by Gasteiger charge is -2.24. The summed E-state index contributed by atoms with van der Waals surface area (Å²) in [6, 6.07) is 12.8. The van der Waals surface area contributed by atoms with E-state index in [1.165, 1.54) is 0 Å². The van der Waals surface area contributed by atoms with E-state index in [1.54, 1.807) is 25.3 Å². The molecule has 4 nitrogen and oxygen atoms in total. The molecule has 0 aliphatic heterocycles. The van der Waals surface area contributed by atoms with Gasteiger partial charge in [0.2, 0.25) is 11.8 Å². The highest BCUT2D eigenvalue weighted by molar-refractivity contribution is 6.30. The van der Waals surface area contributed by atoms with Crippen molar-refractivity contribution in [3.63, 3.8) is 0 Å². The molecule has 1 aromatic carbocycles. The second-order valence-corrected chi connectivity index (χ2v) is 5.92. The highest BCUT2D eigenvalue weighted by Gasteiger charge is 2.29. The fourth-order valence-corrected chi connectivity index (χ4v) is 2.19. The van der Waals surface area contributed by atoms with Crippen LogP contribution in [0.3, 0.4) is 0 Å². The Kier molecular flexibility index (Phi) is 5.03. The average Bonchev–Trinajstić information content (AvgIpc) is 2.53. The van der Waals surface area contributed by atoms with E-state index in [1.807, 2.05) is 38.1 Å². The van der Waals surface area contributed by atoms with Gasteiger partial charge in [-0.2, -0.15) is 0 Å². The lowest BCUT2D eigenvalue weighted by molar-refractivity contribution is -0.125. The molecule has 0 saturated carbocycles. The van der Waals surface area contributed by atoms with Crippen molar-refractivity contribution in [2.24, 2.45) is 0 Å². The van der Waals surface area contributed by atoms with Crippen LogP contribution in [0.1, 0.15) is 25.1 Å². The zero-order valence-electron chi connectivity index (χ0n) is 12.9. The predicted octanol–water partition coefficient (Wildman–Crippen LogP) is 3.34. The number of benzene rings is 1. The standard InChI is InChI=1S/C17H19ClN2O2/c1-17(2,12-7-9-13(18)10-8-12)16(21)19-11-14-5-4-6-15(20-14)22-3/h4-10H,11H2,1-3H3,(H,19,21). The van der Waals surface area contributed by atoms with Gasteiger partial charge < -0.3 is 10.1 Å². The van der Waals surface area contributed by atoms with Crippen molar-refractivity contribution in [2.45, 2.75) is 25.8 Å². The molecule has 1 heterocycles. The van der Waals surface area contributed by atoms with Crippen molar-refractivity contribution in [3.8, 4) is 5.88 Å². The Bertz CT molecular complexity index is 654. The first-order chi connectivity index (χ1) is 10.4. The van der Waals surface area contributed by atoms with Crippen molar-refractivity contribution in [1.29, 1.82) is 0 Å². The second-order valence-electron chi connectivity index (χ2n) is 5.49. The SMILES string of the molecule is COc1cccc(CNC(=O)C(C)(C)c2ccc(Cl)cc2)n1. The number of rotatable bonds is 5. The Labute approximate surface area is 135 Å². The number of hydrogen-bond donors (Lipinski definition) is 1. The number of aromatic nitrogens is 1. The van der Waals surface area contributed by atoms with Crippen molar-refractivity contribution < 1.29 is 9.53 Å². The highest BCUT2D eigenvalue weighted by atomic mass is 35.5. The molecule has 116 valence electrons. The maximum Gasteiger partial charge on any atom is 0.230 e. The van der Waals surface area contributed by atoms with Crippen LogP contribution in [-0.4, -0.2) is 18.0 Å². The van der Waals surface area contributed by atoms with Crippen molar-refractivity contribution in [3.05, 3.63) is 58.7 Å². The van der Waals surface area contributed by atoms with E-state index in [2.05, 4.69) is 10.3 Å². The topological polar surface area (TPSA) is 51.2 Å². The van der Waals surface area contributed by atoms with Crippen LogP contribution < -0.4 is 10.1 Å². The summed E-state index contributed by atoms with van der Waals surface area (Å²) in [6.07, 6.45) is 0. The number of ether oxygens (including phenoxy) is 1. The molecule has 0 saturated heterocycles. The van der Waals surface area contributed by atoms with Crippen LogP contribution in [0.15, 0.2) is 42.5 Å². The van der Waals surface area contributed by atoms with E-state index in [9.17, 15) is 4.79 Å². The smallest absolute Gasteiger partial charge is 0.230 e. The molecule has 0 atom stereocenters. The van der Waals surface area contributed by atoms with E-state index in [4.69, 9.17) is 16.3 Å². The Hall–Kier alpha value is -2.07. The van der Waals surface area contributed by atoms with Gasteiger partial charge in [-0.15, -0.1) is 0 Å². The Morgan fingerprint density at radius 1 is 1.23 bits per heavy atom.